The number of morpholine rings is 1. The molecule has 0 aromatic carbocycles. The largest absolute Gasteiger partial charge is 0.394 e. The number of amides is 1. The highest BCUT2D eigenvalue weighted by Crippen LogP contribution is 2.28. The summed E-state index contributed by atoms with van der Waals surface area (Å²) in [5.41, 5.74) is 5.30. The molecule has 0 aliphatic carbocycles. The number of hydrogen-bond acceptors (Lipinski definition) is 7. The van der Waals surface area contributed by atoms with E-state index in [1.54, 1.807) is 11.9 Å². The molecule has 1 amide bonds. The van der Waals surface area contributed by atoms with E-state index >= 15 is 0 Å². The van der Waals surface area contributed by atoms with Crippen molar-refractivity contribution < 1.29 is 14.6 Å². The van der Waals surface area contributed by atoms with Crippen molar-refractivity contribution in [2.75, 3.05) is 37.8 Å². The quantitative estimate of drug-likeness (QED) is 0.746. The molecule has 4 N–H and O–H groups in total. The normalized spacial score (nSPS) is 21.8. The van der Waals surface area contributed by atoms with Gasteiger partial charge in [-0.05, 0) is 13.8 Å². The summed E-state index contributed by atoms with van der Waals surface area (Å²) >= 11 is 1.23. The van der Waals surface area contributed by atoms with Crippen molar-refractivity contribution in [2.45, 2.75) is 25.6 Å². The van der Waals surface area contributed by atoms with E-state index in [0.29, 0.717) is 23.1 Å². The lowest BCUT2D eigenvalue weighted by molar-refractivity contribution is -0.139. The SMILES string of the molecule is CNc1nc(N)c(C(=O)N2CC(CO)OC(C)(C)C2)s1. The third-order valence-electron chi connectivity index (χ3n) is 3.03. The van der Waals surface area contributed by atoms with Crippen LogP contribution in [-0.2, 0) is 4.74 Å². The molecule has 112 valence electrons. The average Bonchev–Trinajstić information content (AvgIpc) is 2.77. The number of ether oxygens (including phenoxy) is 1. The minimum atomic E-state index is -0.493. The first-order valence-electron chi connectivity index (χ1n) is 6.38. The Labute approximate surface area is 121 Å². The van der Waals surface area contributed by atoms with Crippen molar-refractivity contribution in [1.82, 2.24) is 9.88 Å². The summed E-state index contributed by atoms with van der Waals surface area (Å²) in [6, 6.07) is 0. The number of nitrogen functional groups attached to an aromatic ring is 1. The molecule has 1 unspecified atom stereocenters. The van der Waals surface area contributed by atoms with Crippen LogP contribution in [0.3, 0.4) is 0 Å². The number of carbonyl (C=O) groups is 1. The van der Waals surface area contributed by atoms with Gasteiger partial charge in [0, 0.05) is 20.1 Å². The van der Waals surface area contributed by atoms with Crippen LogP contribution in [0.4, 0.5) is 10.9 Å². The predicted octanol–water partition coefficient (Wildman–Crippen LogP) is 0.379. The summed E-state index contributed by atoms with van der Waals surface area (Å²) in [6.45, 7) is 4.47. The molecule has 2 heterocycles. The lowest BCUT2D eigenvalue weighted by Crippen LogP contribution is -2.55. The van der Waals surface area contributed by atoms with Crippen molar-refractivity contribution >= 4 is 28.2 Å². The number of aliphatic hydroxyl groups is 1. The molecule has 0 saturated carbocycles. The number of carbonyl (C=O) groups excluding carboxylic acids is 1. The number of aliphatic hydroxyl groups excluding tert-OH is 1. The topological polar surface area (TPSA) is 101 Å². The fraction of sp³-hybridized carbons (Fsp3) is 0.667. The molecule has 0 spiro atoms. The maximum absolute atomic E-state index is 12.6. The van der Waals surface area contributed by atoms with E-state index in [1.807, 2.05) is 13.8 Å². The first-order chi connectivity index (χ1) is 9.36. The Morgan fingerprint density at radius 2 is 2.40 bits per heavy atom. The van der Waals surface area contributed by atoms with Gasteiger partial charge in [0.25, 0.3) is 5.91 Å². The molecular formula is C12H20N4O3S. The number of thiazole rings is 1. The van der Waals surface area contributed by atoms with Gasteiger partial charge in [0.15, 0.2) is 5.13 Å². The molecule has 1 aromatic rings. The van der Waals surface area contributed by atoms with Gasteiger partial charge in [0.1, 0.15) is 10.7 Å². The van der Waals surface area contributed by atoms with Crippen LogP contribution in [0.2, 0.25) is 0 Å². The molecule has 1 fully saturated rings. The molecule has 20 heavy (non-hydrogen) atoms. The van der Waals surface area contributed by atoms with Gasteiger partial charge in [-0.15, -0.1) is 0 Å². The van der Waals surface area contributed by atoms with Crippen molar-refractivity contribution in [1.29, 1.82) is 0 Å². The average molecular weight is 300 g/mol. The van der Waals surface area contributed by atoms with Crippen LogP contribution < -0.4 is 11.1 Å². The van der Waals surface area contributed by atoms with E-state index in [9.17, 15) is 9.90 Å². The number of nitrogens with zero attached hydrogens (tertiary/aromatic N) is 2. The van der Waals surface area contributed by atoms with Crippen molar-refractivity contribution in [3.05, 3.63) is 4.88 Å². The monoisotopic (exact) mass is 300 g/mol. The maximum Gasteiger partial charge on any atom is 0.268 e. The van der Waals surface area contributed by atoms with Gasteiger partial charge in [0.2, 0.25) is 0 Å². The number of aromatic nitrogens is 1. The minimum Gasteiger partial charge on any atom is -0.394 e. The molecule has 0 radical (unpaired) electrons. The van der Waals surface area contributed by atoms with Gasteiger partial charge in [-0.3, -0.25) is 4.79 Å². The number of rotatable bonds is 3. The molecule has 7 nitrogen and oxygen atoms in total. The predicted molar refractivity (Wildman–Crippen MR) is 78.0 cm³/mol. The smallest absolute Gasteiger partial charge is 0.268 e. The van der Waals surface area contributed by atoms with Crippen LogP contribution >= 0.6 is 11.3 Å². The van der Waals surface area contributed by atoms with Gasteiger partial charge in [0.05, 0.1) is 18.3 Å². The summed E-state index contributed by atoms with van der Waals surface area (Å²) < 4.78 is 5.70. The molecule has 1 atom stereocenters. The van der Waals surface area contributed by atoms with Crippen molar-refractivity contribution in [3.8, 4) is 0 Å². The van der Waals surface area contributed by atoms with Gasteiger partial charge in [-0.25, -0.2) is 4.98 Å². The summed E-state index contributed by atoms with van der Waals surface area (Å²) in [6.07, 6.45) is -0.374. The standard InChI is InChI=1S/C12H20N4O3S/c1-12(2)6-16(4-7(5-17)19-12)10(18)8-9(13)15-11(14-3)20-8/h7,17H,4-6,13H2,1-3H3,(H,14,15). The first kappa shape index (κ1) is 15.0. The fourth-order valence-corrected chi connectivity index (χ4v) is 3.09. The minimum absolute atomic E-state index is 0.118. The number of hydrogen-bond donors (Lipinski definition) is 3. The van der Waals surface area contributed by atoms with E-state index in [1.165, 1.54) is 11.3 Å². The van der Waals surface area contributed by atoms with Crippen LogP contribution in [0.1, 0.15) is 23.5 Å². The fourth-order valence-electron chi connectivity index (χ4n) is 2.28. The summed E-state index contributed by atoms with van der Waals surface area (Å²) in [7, 11) is 1.73. The number of nitrogens with two attached hydrogens (primary N) is 1. The third kappa shape index (κ3) is 3.02. The Morgan fingerprint density at radius 1 is 1.70 bits per heavy atom. The molecule has 1 aliphatic rings. The van der Waals surface area contributed by atoms with E-state index in [2.05, 4.69) is 10.3 Å². The zero-order valence-corrected chi connectivity index (χ0v) is 12.7. The molecule has 0 bridgehead atoms. The highest BCUT2D eigenvalue weighted by atomic mass is 32.1. The lowest BCUT2D eigenvalue weighted by Gasteiger charge is -2.42. The van der Waals surface area contributed by atoms with Gasteiger partial charge in [-0.2, -0.15) is 0 Å². The third-order valence-corrected chi connectivity index (χ3v) is 4.11. The molecule has 1 aliphatic heterocycles. The second-order valence-electron chi connectivity index (χ2n) is 5.35. The second-order valence-corrected chi connectivity index (χ2v) is 6.35. The highest BCUT2D eigenvalue weighted by molar-refractivity contribution is 7.18. The van der Waals surface area contributed by atoms with Crippen LogP contribution in [0.15, 0.2) is 0 Å². The Bertz CT molecular complexity index is 503. The van der Waals surface area contributed by atoms with E-state index in [4.69, 9.17) is 10.5 Å². The Kier molecular flexibility index (Phi) is 4.17. The zero-order valence-electron chi connectivity index (χ0n) is 11.8. The molecular weight excluding hydrogens is 280 g/mol. The van der Waals surface area contributed by atoms with Gasteiger partial charge in [-0.1, -0.05) is 11.3 Å². The van der Waals surface area contributed by atoms with Gasteiger partial charge >= 0.3 is 0 Å². The Morgan fingerprint density at radius 3 is 2.95 bits per heavy atom. The maximum atomic E-state index is 12.6. The zero-order chi connectivity index (χ0) is 14.9. The molecule has 1 aromatic heterocycles. The van der Waals surface area contributed by atoms with Crippen molar-refractivity contribution in [3.63, 3.8) is 0 Å². The summed E-state index contributed by atoms with van der Waals surface area (Å²) in [5.74, 6) is 0.0607. The molecule has 8 heteroatoms. The van der Waals surface area contributed by atoms with E-state index < -0.39 is 5.60 Å². The van der Waals surface area contributed by atoms with E-state index in [-0.39, 0.29) is 24.4 Å². The Balaban J connectivity index is 2.21. The summed E-state index contributed by atoms with van der Waals surface area (Å²) in [4.78, 5) is 18.7. The number of anilines is 2. The number of nitrogens with one attached hydrogen (secondary N) is 1. The highest BCUT2D eigenvalue weighted by Gasteiger charge is 2.36. The van der Waals surface area contributed by atoms with Crippen LogP contribution in [-0.4, -0.2) is 59.3 Å². The first-order valence-corrected chi connectivity index (χ1v) is 7.20. The molecule has 2 rings (SSSR count). The van der Waals surface area contributed by atoms with Crippen LogP contribution in [0.5, 0.6) is 0 Å². The van der Waals surface area contributed by atoms with E-state index in [0.717, 1.165) is 0 Å². The van der Waals surface area contributed by atoms with Crippen LogP contribution in [0.25, 0.3) is 0 Å². The van der Waals surface area contributed by atoms with Crippen LogP contribution in [0, 0.1) is 0 Å². The van der Waals surface area contributed by atoms with Crippen molar-refractivity contribution in [2.24, 2.45) is 0 Å². The Hall–Kier alpha value is -1.38. The second kappa shape index (κ2) is 5.55. The lowest BCUT2D eigenvalue weighted by atomic mass is 10.1. The summed E-state index contributed by atoms with van der Waals surface area (Å²) in [5, 5.41) is 12.8. The van der Waals surface area contributed by atoms with Gasteiger partial charge < -0.3 is 25.8 Å². The molecule has 1 saturated heterocycles.